The molecule has 346 valence electrons. The number of nitrogens with zero attached hydrogens (tertiary/aromatic N) is 3. The van der Waals surface area contributed by atoms with Gasteiger partial charge in [0.25, 0.3) is 5.97 Å². The quantitative estimate of drug-likeness (QED) is 0.0659. The van der Waals surface area contributed by atoms with Gasteiger partial charge in [0.2, 0.25) is 35.4 Å². The number of para-hydroxylation sites is 1. The molecule has 5 atom stereocenters. The maximum atomic E-state index is 13.8. The molecule has 0 spiro atoms. The Hall–Kier alpha value is -6.66. The van der Waals surface area contributed by atoms with E-state index in [1.54, 1.807) is 18.0 Å². The summed E-state index contributed by atoms with van der Waals surface area (Å²) in [6, 6.07) is 16.6. The molecular weight excluding hydrogens is 837 g/mol. The Labute approximate surface area is 376 Å². The van der Waals surface area contributed by atoms with E-state index in [-0.39, 0.29) is 68.0 Å². The number of aryl methyl sites for hydroxylation is 4. The number of benzene rings is 3. The first-order chi connectivity index (χ1) is 31.0. The molecule has 4 heterocycles. The van der Waals surface area contributed by atoms with E-state index >= 15 is 0 Å². The fourth-order valence-corrected chi connectivity index (χ4v) is 8.67. The van der Waals surface area contributed by atoms with Crippen molar-refractivity contribution in [2.24, 2.45) is 18.5 Å². The predicted octanol–water partition coefficient (Wildman–Crippen LogP) is 1.98. The van der Waals surface area contributed by atoms with E-state index in [2.05, 4.69) is 16.0 Å². The van der Waals surface area contributed by atoms with Crippen LogP contribution in [0.5, 0.6) is 0 Å². The van der Waals surface area contributed by atoms with Crippen molar-refractivity contribution >= 4 is 58.1 Å². The molecule has 0 radical (unpaired) electrons. The van der Waals surface area contributed by atoms with E-state index in [1.807, 2.05) is 61.5 Å². The molecule has 3 aliphatic heterocycles. The number of carbonyl (C=O) groups is 7. The van der Waals surface area contributed by atoms with Gasteiger partial charge in [-0.2, -0.15) is 0 Å². The SMILES string of the molecule is CC(=O)O.C[C@@H](OCc1ccc(CCCNC(=O)CCc2ccc3c(c2)n(C)c(=O)n3C2CCC(=O)NC2=O)cc1)[C@H](CCC(N)=O)NC(=O)[C@@H]1Cc2cccc3c2N1C(=O)[C@@H](N)CC3. The third kappa shape index (κ3) is 11.7. The van der Waals surface area contributed by atoms with Crippen molar-refractivity contribution in [3.63, 3.8) is 0 Å². The first-order valence-corrected chi connectivity index (χ1v) is 22.0. The van der Waals surface area contributed by atoms with Gasteiger partial charge in [0.1, 0.15) is 12.1 Å². The number of carboxylic acid groups (broad SMARTS) is 1. The van der Waals surface area contributed by atoms with Gasteiger partial charge in [-0.1, -0.05) is 48.5 Å². The Bertz CT molecular complexity index is 2510. The molecule has 1 saturated heterocycles. The normalized spacial score (nSPS) is 18.7. The molecule has 7 rings (SSSR count). The van der Waals surface area contributed by atoms with Crippen LogP contribution in [0.4, 0.5) is 5.69 Å². The topological polar surface area (TPSA) is 267 Å². The number of primary amides is 1. The highest BCUT2D eigenvalue weighted by Gasteiger charge is 2.43. The summed E-state index contributed by atoms with van der Waals surface area (Å²) in [6.45, 7) is 3.70. The van der Waals surface area contributed by atoms with Gasteiger partial charge in [0, 0.05) is 46.2 Å². The Morgan fingerprint density at radius 1 is 0.908 bits per heavy atom. The number of imide groups is 1. The van der Waals surface area contributed by atoms with Crippen LogP contribution in [0.1, 0.15) is 92.7 Å². The van der Waals surface area contributed by atoms with Gasteiger partial charge < -0.3 is 31.9 Å². The lowest BCUT2D eigenvalue weighted by Crippen LogP contribution is -2.55. The predicted molar refractivity (Wildman–Crippen MR) is 240 cm³/mol. The van der Waals surface area contributed by atoms with Crippen molar-refractivity contribution < 1.29 is 43.4 Å². The van der Waals surface area contributed by atoms with Crippen molar-refractivity contribution in [3.05, 3.63) is 99.0 Å². The summed E-state index contributed by atoms with van der Waals surface area (Å²) in [6.07, 6.45) is 4.08. The summed E-state index contributed by atoms with van der Waals surface area (Å²) in [5.74, 6) is -2.82. The number of ether oxygens (including phenoxy) is 1. The summed E-state index contributed by atoms with van der Waals surface area (Å²) >= 11 is 0. The molecule has 18 nitrogen and oxygen atoms in total. The molecule has 6 amide bonds. The Balaban J connectivity index is 0.00000168. The molecule has 3 aliphatic rings. The van der Waals surface area contributed by atoms with Crippen molar-refractivity contribution in [2.75, 3.05) is 11.4 Å². The largest absolute Gasteiger partial charge is 0.481 e. The summed E-state index contributed by atoms with van der Waals surface area (Å²) in [7, 11) is 1.64. The average molecular weight is 895 g/mol. The molecule has 8 N–H and O–H groups in total. The fourth-order valence-electron chi connectivity index (χ4n) is 8.67. The number of anilines is 1. The van der Waals surface area contributed by atoms with E-state index in [4.69, 9.17) is 26.1 Å². The van der Waals surface area contributed by atoms with Crippen LogP contribution in [-0.2, 0) is 77.6 Å². The number of amides is 6. The molecule has 4 aromatic rings. The minimum atomic E-state index is -0.833. The summed E-state index contributed by atoms with van der Waals surface area (Å²) < 4.78 is 9.14. The van der Waals surface area contributed by atoms with Crippen LogP contribution in [0.2, 0.25) is 0 Å². The monoisotopic (exact) mass is 894 g/mol. The van der Waals surface area contributed by atoms with Gasteiger partial charge in [-0.3, -0.25) is 52.9 Å². The standard InChI is InChI=1S/C45H54N8O8.C2H4O2/c1-26(33(16-19-38(47)54)49-43(58)37-24-31-7-3-6-30-14-15-32(46)44(59)53(37)41(30)31)61-25-29-10-8-27(9-11-29)5-4-22-48-39(55)20-13-28-12-17-34-36(23-28)51(2)45(60)52(34)35-18-21-40(56)50-42(35)57;1-2(3)4/h3,6-12,17,23,26,32-33,35,37H,4-5,13-16,18-22,24-25,46H2,1-2H3,(H2,47,54)(H,48,55)(H,49,58)(H,50,56,57);1H3,(H,3,4)/t26-,32+,33+,35?,37+;/m1./s1. The van der Waals surface area contributed by atoms with Crippen molar-refractivity contribution in [1.82, 2.24) is 25.1 Å². The Morgan fingerprint density at radius 2 is 1.60 bits per heavy atom. The molecule has 0 aliphatic carbocycles. The highest BCUT2D eigenvalue weighted by atomic mass is 16.5. The number of nitrogens with two attached hydrogens (primary N) is 2. The molecule has 3 aromatic carbocycles. The number of aromatic nitrogens is 2. The summed E-state index contributed by atoms with van der Waals surface area (Å²) in [5, 5.41) is 15.8. The van der Waals surface area contributed by atoms with E-state index in [9.17, 15) is 33.6 Å². The highest BCUT2D eigenvalue weighted by Crippen LogP contribution is 2.39. The number of fused-ring (bicyclic) bond motifs is 1. The lowest BCUT2D eigenvalue weighted by Gasteiger charge is -2.30. The lowest BCUT2D eigenvalue weighted by atomic mass is 10.0. The van der Waals surface area contributed by atoms with E-state index in [1.165, 1.54) is 9.13 Å². The molecule has 65 heavy (non-hydrogen) atoms. The van der Waals surface area contributed by atoms with Crippen LogP contribution < -0.4 is 38.0 Å². The van der Waals surface area contributed by atoms with Gasteiger partial charge in [-0.25, -0.2) is 4.79 Å². The minimum absolute atomic E-state index is 0.0562. The van der Waals surface area contributed by atoms with Crippen molar-refractivity contribution in [2.45, 2.75) is 121 Å². The second kappa shape index (κ2) is 21.3. The number of imidazole rings is 1. The highest BCUT2D eigenvalue weighted by molar-refractivity contribution is 6.07. The second-order valence-corrected chi connectivity index (χ2v) is 16.9. The molecule has 0 bridgehead atoms. The first kappa shape index (κ1) is 47.8. The fraction of sp³-hybridized carbons (Fsp3) is 0.447. The zero-order valence-corrected chi connectivity index (χ0v) is 37.0. The molecule has 18 heteroatoms. The smallest absolute Gasteiger partial charge is 0.329 e. The van der Waals surface area contributed by atoms with Crippen LogP contribution in [0.3, 0.4) is 0 Å². The van der Waals surface area contributed by atoms with E-state index in [0.717, 1.165) is 53.3 Å². The number of piperidine rings is 1. The van der Waals surface area contributed by atoms with Crippen molar-refractivity contribution in [1.29, 1.82) is 0 Å². The molecule has 1 unspecified atom stereocenters. The maximum Gasteiger partial charge on any atom is 0.329 e. The average Bonchev–Trinajstić information content (AvgIpc) is 3.74. The van der Waals surface area contributed by atoms with Crippen LogP contribution >= 0.6 is 0 Å². The van der Waals surface area contributed by atoms with Gasteiger partial charge >= 0.3 is 5.69 Å². The number of nitrogens with one attached hydrogen (secondary N) is 3. The molecule has 1 aromatic heterocycles. The first-order valence-electron chi connectivity index (χ1n) is 22.0. The molecular formula is C47H58N8O10. The molecule has 1 fully saturated rings. The van der Waals surface area contributed by atoms with Gasteiger partial charge in [-0.05, 0) is 91.8 Å². The Morgan fingerprint density at radius 3 is 2.31 bits per heavy atom. The second-order valence-electron chi connectivity index (χ2n) is 16.9. The van der Waals surface area contributed by atoms with Crippen LogP contribution in [-0.4, -0.2) is 86.4 Å². The summed E-state index contributed by atoms with van der Waals surface area (Å²) in [4.78, 5) is 99.4. The maximum absolute atomic E-state index is 13.8. The number of hydrogen-bond acceptors (Lipinski definition) is 10. The lowest BCUT2D eigenvalue weighted by molar-refractivity contribution is -0.136. The number of hydrogen-bond donors (Lipinski definition) is 6. The minimum Gasteiger partial charge on any atom is -0.481 e. The van der Waals surface area contributed by atoms with Gasteiger partial charge in [-0.15, -0.1) is 0 Å². The van der Waals surface area contributed by atoms with Gasteiger partial charge in [0.15, 0.2) is 0 Å². The number of carboxylic acids is 1. The van der Waals surface area contributed by atoms with E-state index < -0.39 is 48.1 Å². The van der Waals surface area contributed by atoms with Crippen LogP contribution in [0.25, 0.3) is 11.0 Å². The third-order valence-corrected chi connectivity index (χ3v) is 12.2. The summed E-state index contributed by atoms with van der Waals surface area (Å²) in [5.41, 5.74) is 18.3. The van der Waals surface area contributed by atoms with Crippen LogP contribution in [0.15, 0.2) is 65.5 Å². The third-order valence-electron chi connectivity index (χ3n) is 12.2. The number of carbonyl (C=O) groups excluding carboxylic acids is 6. The zero-order chi connectivity index (χ0) is 46.9. The van der Waals surface area contributed by atoms with Gasteiger partial charge in [0.05, 0.1) is 41.5 Å². The molecule has 0 saturated carbocycles. The van der Waals surface area contributed by atoms with Crippen molar-refractivity contribution in [3.8, 4) is 0 Å². The van der Waals surface area contributed by atoms with Crippen LogP contribution in [0, 0.1) is 0 Å². The zero-order valence-electron chi connectivity index (χ0n) is 37.0. The number of aliphatic carboxylic acids is 1. The Kier molecular flexibility index (Phi) is 15.7. The van der Waals surface area contributed by atoms with E-state index in [0.29, 0.717) is 43.3 Å². The number of rotatable bonds is 17.